The Balaban J connectivity index is 4.52. The van der Waals surface area contributed by atoms with Crippen LogP contribution in [0.5, 0.6) is 0 Å². The number of nitrogens with zero attached hydrogens (tertiary/aromatic N) is 2. The smallest absolute Gasteiger partial charge is 0.134 e. The second-order valence-corrected chi connectivity index (χ2v) is 4.22. The monoisotopic (exact) mass is 230 g/mol. The molecule has 0 N–H and O–H groups in total. The largest absolute Gasteiger partial charge is 0.280 e. The summed E-state index contributed by atoms with van der Waals surface area (Å²) < 4.78 is 0. The van der Waals surface area contributed by atoms with E-state index in [4.69, 9.17) is 4.84 Å². The van der Waals surface area contributed by atoms with Crippen LogP contribution in [0.4, 0.5) is 0 Å². The van der Waals surface area contributed by atoms with Gasteiger partial charge in [0.05, 0.1) is 0 Å². The lowest BCUT2D eigenvalue weighted by molar-refractivity contribution is -0.250. The van der Waals surface area contributed by atoms with Gasteiger partial charge in [-0.3, -0.25) is 9.74 Å². The topological polar surface area (TPSA) is 15.7 Å². The minimum absolute atomic E-state index is 0.222. The van der Waals surface area contributed by atoms with Crippen LogP contribution in [0.15, 0.2) is 0 Å². The third-order valence-corrected chi connectivity index (χ3v) is 3.27. The lowest BCUT2D eigenvalue weighted by atomic mass is 10.1. The lowest BCUT2D eigenvalue weighted by Crippen LogP contribution is -2.45. The second-order valence-electron chi connectivity index (χ2n) is 4.22. The van der Waals surface area contributed by atoms with Gasteiger partial charge in [0.25, 0.3) is 0 Å². The van der Waals surface area contributed by atoms with Crippen LogP contribution in [0.2, 0.25) is 0 Å². The molecule has 0 aromatic rings. The summed E-state index contributed by atoms with van der Waals surface area (Å²) in [5.74, 6) is 0.570. The first kappa shape index (κ1) is 15.9. The molecule has 0 aliphatic rings. The summed E-state index contributed by atoms with van der Waals surface area (Å²) in [6.07, 6.45) is 1.38. The predicted octanol–water partition coefficient (Wildman–Crippen LogP) is 2.97. The standard InChI is InChI=1S/C13H30N2O/c1-7-12(6)13(14(8-2)9-3)16-15(10-4)11-5/h12-13H,7-11H2,1-6H3. The van der Waals surface area contributed by atoms with E-state index in [2.05, 4.69) is 51.5 Å². The van der Waals surface area contributed by atoms with Gasteiger partial charge >= 0.3 is 0 Å². The van der Waals surface area contributed by atoms with Crippen molar-refractivity contribution < 1.29 is 4.84 Å². The van der Waals surface area contributed by atoms with E-state index in [1.807, 2.05) is 0 Å². The Morgan fingerprint density at radius 1 is 0.875 bits per heavy atom. The molecule has 3 heteroatoms. The van der Waals surface area contributed by atoms with Gasteiger partial charge in [0.15, 0.2) is 0 Å². The van der Waals surface area contributed by atoms with E-state index >= 15 is 0 Å². The molecule has 16 heavy (non-hydrogen) atoms. The van der Waals surface area contributed by atoms with Gasteiger partial charge in [0.1, 0.15) is 6.23 Å². The van der Waals surface area contributed by atoms with E-state index in [0.29, 0.717) is 5.92 Å². The summed E-state index contributed by atoms with van der Waals surface area (Å²) in [4.78, 5) is 8.50. The maximum atomic E-state index is 6.10. The van der Waals surface area contributed by atoms with E-state index in [1.165, 1.54) is 0 Å². The van der Waals surface area contributed by atoms with E-state index in [1.54, 1.807) is 0 Å². The van der Waals surface area contributed by atoms with Crippen LogP contribution in [-0.2, 0) is 4.84 Å². The van der Waals surface area contributed by atoms with Crippen molar-refractivity contribution >= 4 is 0 Å². The van der Waals surface area contributed by atoms with Crippen molar-refractivity contribution in [2.45, 2.75) is 54.2 Å². The quantitative estimate of drug-likeness (QED) is 0.447. The molecule has 0 aromatic heterocycles. The molecule has 0 spiro atoms. The van der Waals surface area contributed by atoms with Gasteiger partial charge in [-0.2, -0.15) is 5.06 Å². The highest BCUT2D eigenvalue weighted by Crippen LogP contribution is 2.17. The van der Waals surface area contributed by atoms with Crippen LogP contribution < -0.4 is 0 Å². The number of hydrogen-bond donors (Lipinski definition) is 0. The number of hydroxylamine groups is 2. The van der Waals surface area contributed by atoms with Crippen LogP contribution in [0, 0.1) is 5.92 Å². The first-order valence-electron chi connectivity index (χ1n) is 6.80. The van der Waals surface area contributed by atoms with Crippen molar-refractivity contribution in [3.8, 4) is 0 Å². The fourth-order valence-electron chi connectivity index (χ4n) is 1.84. The lowest BCUT2D eigenvalue weighted by Gasteiger charge is -2.36. The second kappa shape index (κ2) is 8.97. The van der Waals surface area contributed by atoms with Crippen molar-refractivity contribution in [1.82, 2.24) is 9.96 Å². The van der Waals surface area contributed by atoms with Gasteiger partial charge in [0.2, 0.25) is 0 Å². The Hall–Kier alpha value is -0.120. The van der Waals surface area contributed by atoms with Crippen LogP contribution in [0.25, 0.3) is 0 Å². The normalized spacial score (nSPS) is 15.8. The molecule has 0 fully saturated rings. The maximum Gasteiger partial charge on any atom is 0.134 e. The Morgan fingerprint density at radius 3 is 1.69 bits per heavy atom. The molecule has 0 radical (unpaired) electrons. The first-order chi connectivity index (χ1) is 7.64. The van der Waals surface area contributed by atoms with Gasteiger partial charge < -0.3 is 0 Å². The zero-order chi connectivity index (χ0) is 12.6. The molecule has 3 nitrogen and oxygen atoms in total. The van der Waals surface area contributed by atoms with Gasteiger partial charge in [-0.25, -0.2) is 0 Å². The molecule has 0 aliphatic heterocycles. The maximum absolute atomic E-state index is 6.10. The zero-order valence-electron chi connectivity index (χ0n) is 12.0. The summed E-state index contributed by atoms with van der Waals surface area (Å²) >= 11 is 0. The van der Waals surface area contributed by atoms with E-state index in [9.17, 15) is 0 Å². The van der Waals surface area contributed by atoms with Gasteiger partial charge in [-0.05, 0) is 25.4 Å². The average Bonchev–Trinajstić information content (AvgIpc) is 2.33. The molecule has 98 valence electrons. The Labute approximate surface area is 102 Å². The summed E-state index contributed by atoms with van der Waals surface area (Å²) in [6, 6.07) is 0. The summed E-state index contributed by atoms with van der Waals surface area (Å²) in [5.41, 5.74) is 0. The molecule has 0 saturated carbocycles. The third-order valence-electron chi connectivity index (χ3n) is 3.27. The molecule has 0 heterocycles. The van der Waals surface area contributed by atoms with Crippen LogP contribution >= 0.6 is 0 Å². The highest BCUT2D eigenvalue weighted by Gasteiger charge is 2.24. The van der Waals surface area contributed by atoms with Crippen molar-refractivity contribution in [2.24, 2.45) is 5.92 Å². The van der Waals surface area contributed by atoms with Crippen molar-refractivity contribution in [3.63, 3.8) is 0 Å². The molecular weight excluding hydrogens is 200 g/mol. The SMILES string of the molecule is CCC(C)C(ON(CC)CC)N(CC)CC. The van der Waals surface area contributed by atoms with E-state index in [0.717, 1.165) is 32.6 Å². The molecule has 0 saturated heterocycles. The molecule has 2 atom stereocenters. The number of rotatable bonds is 9. The molecule has 0 aromatic carbocycles. The molecule has 0 bridgehead atoms. The summed E-state index contributed by atoms with van der Waals surface area (Å²) in [7, 11) is 0. The van der Waals surface area contributed by atoms with E-state index in [-0.39, 0.29) is 6.23 Å². The highest BCUT2D eigenvalue weighted by molar-refractivity contribution is 4.66. The molecule has 0 rings (SSSR count). The fraction of sp³-hybridized carbons (Fsp3) is 1.00. The molecule has 0 amide bonds. The van der Waals surface area contributed by atoms with Crippen molar-refractivity contribution in [1.29, 1.82) is 0 Å². The first-order valence-corrected chi connectivity index (χ1v) is 6.80. The van der Waals surface area contributed by atoms with Crippen LogP contribution in [-0.4, -0.2) is 42.4 Å². The third kappa shape index (κ3) is 4.81. The highest BCUT2D eigenvalue weighted by atomic mass is 16.7. The number of hydrogen-bond acceptors (Lipinski definition) is 3. The van der Waals surface area contributed by atoms with Crippen molar-refractivity contribution in [3.05, 3.63) is 0 Å². The van der Waals surface area contributed by atoms with Crippen LogP contribution in [0.3, 0.4) is 0 Å². The minimum Gasteiger partial charge on any atom is -0.280 e. The Bertz CT molecular complexity index is 156. The molecular formula is C13H30N2O. The predicted molar refractivity (Wildman–Crippen MR) is 70.2 cm³/mol. The van der Waals surface area contributed by atoms with Crippen molar-refractivity contribution in [2.75, 3.05) is 26.2 Å². The summed E-state index contributed by atoms with van der Waals surface area (Å²) in [5, 5.41) is 2.05. The van der Waals surface area contributed by atoms with E-state index < -0.39 is 0 Å². The van der Waals surface area contributed by atoms with Gasteiger partial charge in [-0.15, -0.1) is 0 Å². The zero-order valence-corrected chi connectivity index (χ0v) is 12.0. The molecule has 0 aliphatic carbocycles. The Morgan fingerprint density at radius 2 is 1.38 bits per heavy atom. The van der Waals surface area contributed by atoms with Crippen LogP contribution in [0.1, 0.15) is 48.0 Å². The van der Waals surface area contributed by atoms with Gasteiger partial charge in [0, 0.05) is 13.1 Å². The minimum atomic E-state index is 0.222. The summed E-state index contributed by atoms with van der Waals surface area (Å²) in [6.45, 7) is 17.2. The molecule has 2 unspecified atom stereocenters. The average molecular weight is 230 g/mol. The van der Waals surface area contributed by atoms with Gasteiger partial charge in [-0.1, -0.05) is 41.5 Å². The fourth-order valence-corrected chi connectivity index (χ4v) is 1.84. The Kier molecular flexibility index (Phi) is 8.90.